The number of ether oxygens (including phenoxy) is 1. The lowest BCUT2D eigenvalue weighted by atomic mass is 10.1. The van der Waals surface area contributed by atoms with Gasteiger partial charge in [0, 0.05) is 17.7 Å². The Morgan fingerprint density at radius 1 is 0.968 bits per heavy atom. The van der Waals surface area contributed by atoms with Gasteiger partial charge in [0.1, 0.15) is 17.9 Å². The molecule has 3 aromatic carbocycles. The zero-order chi connectivity index (χ0) is 21.8. The van der Waals surface area contributed by atoms with E-state index in [-0.39, 0.29) is 0 Å². The molecule has 4 N–H and O–H groups in total. The van der Waals surface area contributed by atoms with Gasteiger partial charge in [0.15, 0.2) is 0 Å². The molecular formula is C24H20N4O3. The number of carbonyl (C=O) groups is 2. The zero-order valence-electron chi connectivity index (χ0n) is 16.6. The number of amides is 2. The molecule has 0 aliphatic rings. The van der Waals surface area contributed by atoms with E-state index in [1.807, 2.05) is 60.8 Å². The van der Waals surface area contributed by atoms with Crippen molar-refractivity contribution in [2.45, 2.75) is 6.61 Å². The summed E-state index contributed by atoms with van der Waals surface area (Å²) in [6.07, 6.45) is 4.84. The molecule has 0 saturated carbocycles. The van der Waals surface area contributed by atoms with Gasteiger partial charge < -0.3 is 16.2 Å². The molecule has 0 radical (unpaired) electrons. The Bertz CT molecular complexity index is 1270. The third-order valence-electron chi connectivity index (χ3n) is 4.73. The molecule has 7 heteroatoms. The van der Waals surface area contributed by atoms with Crippen LogP contribution in [0, 0.1) is 0 Å². The summed E-state index contributed by atoms with van der Waals surface area (Å²) in [6.45, 7) is 0.410. The Balaban J connectivity index is 1.44. The van der Waals surface area contributed by atoms with Crippen LogP contribution in [0.3, 0.4) is 0 Å². The van der Waals surface area contributed by atoms with E-state index in [0.717, 1.165) is 28.0 Å². The third-order valence-corrected chi connectivity index (χ3v) is 4.73. The number of rotatable bonds is 7. The zero-order valence-corrected chi connectivity index (χ0v) is 16.6. The van der Waals surface area contributed by atoms with Crippen molar-refractivity contribution in [1.29, 1.82) is 0 Å². The molecule has 0 fully saturated rings. The average Bonchev–Trinajstić information content (AvgIpc) is 3.21. The number of carbonyl (C=O) groups excluding carboxylic acids is 2. The minimum atomic E-state index is -0.503. The van der Waals surface area contributed by atoms with E-state index in [4.69, 9.17) is 16.2 Å². The largest absolute Gasteiger partial charge is 0.489 e. The maximum absolute atomic E-state index is 11.6. The van der Waals surface area contributed by atoms with Crippen LogP contribution in [0.2, 0.25) is 0 Å². The molecule has 0 bridgehead atoms. The predicted molar refractivity (Wildman–Crippen MR) is 119 cm³/mol. The monoisotopic (exact) mass is 412 g/mol. The normalized spacial score (nSPS) is 11.1. The Kier molecular flexibility index (Phi) is 5.49. The quantitative estimate of drug-likeness (QED) is 0.454. The molecule has 0 atom stereocenters. The highest BCUT2D eigenvalue weighted by atomic mass is 16.5. The molecule has 1 heterocycles. The van der Waals surface area contributed by atoms with E-state index < -0.39 is 11.8 Å². The van der Waals surface area contributed by atoms with E-state index in [2.05, 4.69) is 5.10 Å². The van der Waals surface area contributed by atoms with Gasteiger partial charge in [0.2, 0.25) is 5.91 Å². The van der Waals surface area contributed by atoms with Crippen LogP contribution in [-0.2, 0) is 11.4 Å². The molecule has 154 valence electrons. The van der Waals surface area contributed by atoms with Crippen molar-refractivity contribution in [2.24, 2.45) is 11.5 Å². The van der Waals surface area contributed by atoms with Crippen LogP contribution in [0.5, 0.6) is 5.75 Å². The van der Waals surface area contributed by atoms with Gasteiger partial charge in [0.25, 0.3) is 5.91 Å². The van der Waals surface area contributed by atoms with E-state index in [9.17, 15) is 9.59 Å². The van der Waals surface area contributed by atoms with Crippen LogP contribution < -0.4 is 16.2 Å². The fraction of sp³-hybridized carbons (Fsp3) is 0.0417. The van der Waals surface area contributed by atoms with Gasteiger partial charge in [-0.3, -0.25) is 9.59 Å². The first-order chi connectivity index (χ1) is 15.0. The lowest BCUT2D eigenvalue weighted by molar-refractivity contribution is -0.113. The van der Waals surface area contributed by atoms with Gasteiger partial charge in [-0.2, -0.15) is 5.10 Å². The summed E-state index contributed by atoms with van der Waals surface area (Å²) >= 11 is 0. The molecule has 0 saturated heterocycles. The Hall–Kier alpha value is -4.39. The smallest absolute Gasteiger partial charge is 0.250 e. The van der Waals surface area contributed by atoms with Gasteiger partial charge in [-0.1, -0.05) is 36.4 Å². The number of hydrogen-bond acceptors (Lipinski definition) is 4. The van der Waals surface area contributed by atoms with Crippen LogP contribution in [0.25, 0.3) is 22.7 Å². The predicted octanol–water partition coefficient (Wildman–Crippen LogP) is 3.20. The van der Waals surface area contributed by atoms with Crippen molar-refractivity contribution in [2.75, 3.05) is 0 Å². The number of hydrogen-bond donors (Lipinski definition) is 2. The molecule has 0 spiro atoms. The van der Waals surface area contributed by atoms with Gasteiger partial charge in [-0.15, -0.1) is 0 Å². The SMILES string of the molecule is NC(=O)/C=C/c1ccc(COc2ccc(-n3cc4cccc(C(N)=O)c4n3)cc2)cc1. The summed E-state index contributed by atoms with van der Waals surface area (Å²) in [4.78, 5) is 22.4. The fourth-order valence-corrected chi connectivity index (χ4v) is 3.14. The van der Waals surface area contributed by atoms with Crippen molar-refractivity contribution in [3.63, 3.8) is 0 Å². The van der Waals surface area contributed by atoms with Gasteiger partial charge >= 0.3 is 0 Å². The molecule has 0 unspecified atom stereocenters. The summed E-state index contributed by atoms with van der Waals surface area (Å²) in [7, 11) is 0. The second-order valence-corrected chi connectivity index (χ2v) is 6.94. The van der Waals surface area contributed by atoms with Gasteiger partial charge in [0.05, 0.1) is 11.3 Å². The summed E-state index contributed by atoms with van der Waals surface area (Å²) in [6, 6.07) is 20.5. The molecule has 4 rings (SSSR count). The summed E-state index contributed by atoms with van der Waals surface area (Å²) < 4.78 is 7.56. The Morgan fingerprint density at radius 2 is 1.71 bits per heavy atom. The van der Waals surface area contributed by atoms with Crippen LogP contribution in [-0.4, -0.2) is 21.6 Å². The standard InChI is InChI=1S/C24H20N4O3/c25-22(29)13-8-16-4-6-17(7-5-16)15-31-20-11-9-19(10-12-20)28-14-18-2-1-3-21(24(26)30)23(18)27-28/h1-14H,15H2,(H2,25,29)(H2,26,30)/b13-8+. The first-order valence-corrected chi connectivity index (χ1v) is 9.57. The molecule has 1 aromatic heterocycles. The van der Waals surface area contributed by atoms with Crippen LogP contribution in [0.15, 0.2) is 79.0 Å². The topological polar surface area (TPSA) is 113 Å². The van der Waals surface area contributed by atoms with Crippen molar-refractivity contribution in [3.8, 4) is 11.4 Å². The highest BCUT2D eigenvalue weighted by Crippen LogP contribution is 2.21. The van der Waals surface area contributed by atoms with Crippen LogP contribution in [0.1, 0.15) is 21.5 Å². The number of nitrogens with zero attached hydrogens (tertiary/aromatic N) is 2. The lowest BCUT2D eigenvalue weighted by Crippen LogP contribution is -2.11. The molecule has 0 aliphatic carbocycles. The number of primary amides is 2. The van der Waals surface area contributed by atoms with E-state index in [1.165, 1.54) is 6.08 Å². The fourth-order valence-electron chi connectivity index (χ4n) is 3.14. The average molecular weight is 412 g/mol. The molecular weight excluding hydrogens is 392 g/mol. The van der Waals surface area contributed by atoms with Gasteiger partial charge in [-0.05, 0) is 47.5 Å². The molecule has 4 aromatic rings. The highest BCUT2D eigenvalue weighted by Gasteiger charge is 2.11. The van der Waals surface area contributed by atoms with Crippen molar-refractivity contribution >= 4 is 28.8 Å². The number of fused-ring (bicyclic) bond motifs is 1. The number of nitrogens with two attached hydrogens (primary N) is 2. The summed E-state index contributed by atoms with van der Waals surface area (Å²) in [5.74, 6) is -0.264. The summed E-state index contributed by atoms with van der Waals surface area (Å²) in [5.41, 5.74) is 14.2. The first kappa shape index (κ1) is 19.9. The van der Waals surface area contributed by atoms with E-state index in [0.29, 0.717) is 17.7 Å². The van der Waals surface area contributed by atoms with Crippen molar-refractivity contribution in [3.05, 3.63) is 95.7 Å². The van der Waals surface area contributed by atoms with Crippen LogP contribution in [0.4, 0.5) is 0 Å². The second kappa shape index (κ2) is 8.54. The molecule has 7 nitrogen and oxygen atoms in total. The molecule has 2 amide bonds. The maximum atomic E-state index is 11.6. The minimum Gasteiger partial charge on any atom is -0.489 e. The molecule has 31 heavy (non-hydrogen) atoms. The first-order valence-electron chi connectivity index (χ1n) is 9.57. The third kappa shape index (κ3) is 4.62. The van der Waals surface area contributed by atoms with Crippen LogP contribution >= 0.6 is 0 Å². The number of benzene rings is 3. The minimum absolute atomic E-state index is 0.396. The van der Waals surface area contributed by atoms with E-state index in [1.54, 1.807) is 22.9 Å². The molecule has 0 aliphatic heterocycles. The van der Waals surface area contributed by atoms with Crippen molar-refractivity contribution in [1.82, 2.24) is 9.78 Å². The second-order valence-electron chi connectivity index (χ2n) is 6.94. The lowest BCUT2D eigenvalue weighted by Gasteiger charge is -2.08. The Labute approximate surface area is 178 Å². The summed E-state index contributed by atoms with van der Waals surface area (Å²) in [5, 5.41) is 5.34. The van der Waals surface area contributed by atoms with E-state index >= 15 is 0 Å². The Morgan fingerprint density at radius 3 is 2.39 bits per heavy atom. The maximum Gasteiger partial charge on any atom is 0.250 e. The number of aromatic nitrogens is 2. The van der Waals surface area contributed by atoms with Crippen molar-refractivity contribution < 1.29 is 14.3 Å². The van der Waals surface area contributed by atoms with Gasteiger partial charge in [-0.25, -0.2) is 4.68 Å². The highest BCUT2D eigenvalue weighted by molar-refractivity contribution is 6.04.